The number of rotatable bonds is 4. The quantitative estimate of drug-likeness (QED) is 0.612. The molecule has 0 aliphatic carbocycles. The van der Waals surface area contributed by atoms with Crippen LogP contribution in [0, 0.1) is 19.8 Å². The Hall–Kier alpha value is -2.00. The van der Waals surface area contributed by atoms with E-state index in [1.165, 1.54) is 27.8 Å². The molecule has 0 atom stereocenters. The average molecular weight is 464 g/mol. The zero-order chi connectivity index (χ0) is 21.5. The van der Waals surface area contributed by atoms with Gasteiger partial charge < -0.3 is 5.32 Å². The molecular formula is C21H22ClN3O3S2. The Kier molecular flexibility index (Phi) is 5.85. The van der Waals surface area contributed by atoms with Crippen LogP contribution in [-0.2, 0) is 14.8 Å². The number of sulfonamides is 1. The number of thiazole rings is 1. The lowest BCUT2D eigenvalue weighted by Crippen LogP contribution is -2.41. The molecule has 1 aliphatic rings. The third-order valence-electron chi connectivity index (χ3n) is 5.33. The van der Waals surface area contributed by atoms with Crippen LogP contribution in [0.3, 0.4) is 0 Å². The lowest BCUT2D eigenvalue weighted by Gasteiger charge is -2.30. The number of halogens is 1. The van der Waals surface area contributed by atoms with E-state index in [9.17, 15) is 13.2 Å². The Bertz CT molecular complexity index is 1200. The van der Waals surface area contributed by atoms with Gasteiger partial charge in [0.05, 0.1) is 15.1 Å². The molecule has 3 aromatic rings. The van der Waals surface area contributed by atoms with Crippen molar-refractivity contribution in [3.63, 3.8) is 0 Å². The summed E-state index contributed by atoms with van der Waals surface area (Å²) in [5.74, 6) is -0.344. The van der Waals surface area contributed by atoms with E-state index < -0.39 is 10.0 Å². The molecule has 0 radical (unpaired) electrons. The predicted octanol–water partition coefficient (Wildman–Crippen LogP) is 4.61. The summed E-state index contributed by atoms with van der Waals surface area (Å²) in [6, 6.07) is 10.3. The first-order chi connectivity index (χ1) is 14.2. The number of hydrogen-bond donors (Lipinski definition) is 1. The molecule has 1 amide bonds. The molecule has 4 rings (SSSR count). The third kappa shape index (κ3) is 4.23. The minimum Gasteiger partial charge on any atom is -0.302 e. The summed E-state index contributed by atoms with van der Waals surface area (Å²) in [7, 11) is -3.58. The number of aryl methyl sites for hydroxylation is 2. The molecule has 1 aliphatic heterocycles. The third-order valence-corrected chi connectivity index (χ3v) is 8.61. The number of aromatic nitrogens is 1. The van der Waals surface area contributed by atoms with E-state index in [2.05, 4.69) is 16.4 Å². The number of amides is 1. The number of anilines is 1. The highest BCUT2D eigenvalue weighted by Gasteiger charge is 2.32. The fourth-order valence-electron chi connectivity index (χ4n) is 3.75. The van der Waals surface area contributed by atoms with Crippen molar-refractivity contribution in [3.8, 4) is 0 Å². The van der Waals surface area contributed by atoms with Crippen LogP contribution in [0.5, 0.6) is 0 Å². The van der Waals surface area contributed by atoms with Crippen molar-refractivity contribution in [3.05, 3.63) is 52.5 Å². The molecule has 158 valence electrons. The van der Waals surface area contributed by atoms with Crippen LogP contribution >= 0.6 is 22.9 Å². The molecule has 6 nitrogen and oxygen atoms in total. The molecule has 0 spiro atoms. The highest BCUT2D eigenvalue weighted by Crippen LogP contribution is 2.31. The van der Waals surface area contributed by atoms with Gasteiger partial charge in [-0.1, -0.05) is 29.0 Å². The van der Waals surface area contributed by atoms with E-state index in [4.69, 9.17) is 11.6 Å². The van der Waals surface area contributed by atoms with Crippen molar-refractivity contribution in [2.75, 3.05) is 18.4 Å². The normalized spacial score (nSPS) is 16.1. The molecule has 0 bridgehead atoms. The van der Waals surface area contributed by atoms with Gasteiger partial charge in [-0.2, -0.15) is 4.31 Å². The van der Waals surface area contributed by atoms with E-state index in [0.29, 0.717) is 36.1 Å². The molecule has 1 saturated heterocycles. The van der Waals surface area contributed by atoms with Crippen LogP contribution in [0.25, 0.3) is 10.2 Å². The highest BCUT2D eigenvalue weighted by atomic mass is 35.5. The summed E-state index contributed by atoms with van der Waals surface area (Å²) in [6.07, 6.45) is 0.948. The first kappa shape index (κ1) is 21.2. The second kappa shape index (κ2) is 8.26. The minimum atomic E-state index is -3.58. The van der Waals surface area contributed by atoms with Gasteiger partial charge >= 0.3 is 0 Å². The maximum absolute atomic E-state index is 12.8. The van der Waals surface area contributed by atoms with Crippen LogP contribution in [-0.4, -0.2) is 36.7 Å². The first-order valence-corrected chi connectivity index (χ1v) is 12.3. The number of fused-ring (bicyclic) bond motifs is 1. The van der Waals surface area contributed by atoms with E-state index in [0.717, 1.165) is 21.3 Å². The predicted molar refractivity (Wildman–Crippen MR) is 121 cm³/mol. The Morgan fingerprint density at radius 2 is 1.83 bits per heavy atom. The Labute approximate surface area is 184 Å². The summed E-state index contributed by atoms with van der Waals surface area (Å²) in [5.41, 5.74) is 3.16. The molecule has 2 heterocycles. The zero-order valence-corrected chi connectivity index (χ0v) is 19.1. The highest BCUT2D eigenvalue weighted by molar-refractivity contribution is 7.89. The van der Waals surface area contributed by atoms with Gasteiger partial charge in [-0.05, 0) is 68.1 Å². The van der Waals surface area contributed by atoms with Gasteiger partial charge in [0.1, 0.15) is 0 Å². The summed E-state index contributed by atoms with van der Waals surface area (Å²) in [4.78, 5) is 17.5. The molecule has 9 heteroatoms. The number of benzene rings is 2. The summed E-state index contributed by atoms with van der Waals surface area (Å²) in [5, 5.41) is 4.00. The van der Waals surface area contributed by atoms with Gasteiger partial charge in [0.15, 0.2) is 5.13 Å². The average Bonchev–Trinajstić information content (AvgIpc) is 3.11. The van der Waals surface area contributed by atoms with E-state index in [1.54, 1.807) is 12.1 Å². The second-order valence-electron chi connectivity index (χ2n) is 7.57. The van der Waals surface area contributed by atoms with Crippen molar-refractivity contribution >= 4 is 54.2 Å². The molecule has 30 heavy (non-hydrogen) atoms. The standard InChI is InChI=1S/C21H22ClN3O3S2/c1-13-11-14(2)19-18(12-13)23-21(29-19)24-20(26)15-7-9-25(10-8-15)30(27,28)17-5-3-16(22)4-6-17/h3-6,11-12,15H,7-10H2,1-2H3,(H,23,24,26). The zero-order valence-electron chi connectivity index (χ0n) is 16.7. The van der Waals surface area contributed by atoms with Crippen molar-refractivity contribution < 1.29 is 13.2 Å². The molecule has 0 saturated carbocycles. The van der Waals surface area contributed by atoms with Gasteiger partial charge in [0.2, 0.25) is 15.9 Å². The van der Waals surface area contributed by atoms with Gasteiger partial charge in [-0.25, -0.2) is 13.4 Å². The van der Waals surface area contributed by atoms with E-state index >= 15 is 0 Å². The van der Waals surface area contributed by atoms with Crippen LogP contribution in [0.2, 0.25) is 5.02 Å². The molecule has 2 aromatic carbocycles. The molecule has 1 aromatic heterocycles. The summed E-state index contributed by atoms with van der Waals surface area (Å²) >= 11 is 7.32. The Morgan fingerprint density at radius 1 is 1.17 bits per heavy atom. The van der Waals surface area contributed by atoms with Gasteiger partial charge in [0, 0.05) is 24.0 Å². The second-order valence-corrected chi connectivity index (χ2v) is 10.9. The summed E-state index contributed by atoms with van der Waals surface area (Å²) in [6.45, 7) is 4.67. The van der Waals surface area contributed by atoms with Crippen LogP contribution in [0.1, 0.15) is 24.0 Å². The lowest BCUT2D eigenvalue weighted by molar-refractivity contribution is -0.120. The minimum absolute atomic E-state index is 0.105. The Balaban J connectivity index is 1.41. The maximum atomic E-state index is 12.8. The van der Waals surface area contributed by atoms with Crippen molar-refractivity contribution in [2.45, 2.75) is 31.6 Å². The number of nitrogens with zero attached hydrogens (tertiary/aromatic N) is 2. The van der Waals surface area contributed by atoms with Crippen molar-refractivity contribution in [2.24, 2.45) is 5.92 Å². The topological polar surface area (TPSA) is 79.4 Å². The fourth-order valence-corrected chi connectivity index (χ4v) is 6.27. The van der Waals surface area contributed by atoms with Crippen LogP contribution < -0.4 is 5.32 Å². The first-order valence-electron chi connectivity index (χ1n) is 9.68. The number of carbonyl (C=O) groups excluding carboxylic acids is 1. The maximum Gasteiger partial charge on any atom is 0.243 e. The van der Waals surface area contributed by atoms with E-state index in [-0.39, 0.29) is 16.7 Å². The smallest absolute Gasteiger partial charge is 0.243 e. The molecule has 1 N–H and O–H groups in total. The molecule has 0 unspecified atom stereocenters. The summed E-state index contributed by atoms with van der Waals surface area (Å²) < 4.78 is 28.1. The van der Waals surface area contributed by atoms with Gasteiger partial charge in [-0.3, -0.25) is 4.79 Å². The van der Waals surface area contributed by atoms with E-state index in [1.807, 2.05) is 19.9 Å². The van der Waals surface area contributed by atoms with Gasteiger partial charge in [0.25, 0.3) is 0 Å². The van der Waals surface area contributed by atoms with Gasteiger partial charge in [-0.15, -0.1) is 0 Å². The fraction of sp³-hybridized carbons (Fsp3) is 0.333. The number of hydrogen-bond acceptors (Lipinski definition) is 5. The van der Waals surface area contributed by atoms with Crippen LogP contribution in [0.15, 0.2) is 41.3 Å². The largest absolute Gasteiger partial charge is 0.302 e. The SMILES string of the molecule is Cc1cc(C)c2sc(NC(=O)C3CCN(S(=O)(=O)c4ccc(Cl)cc4)CC3)nc2c1. The molecule has 1 fully saturated rings. The van der Waals surface area contributed by atoms with Crippen molar-refractivity contribution in [1.82, 2.24) is 9.29 Å². The van der Waals surface area contributed by atoms with Crippen LogP contribution in [0.4, 0.5) is 5.13 Å². The Morgan fingerprint density at radius 3 is 2.50 bits per heavy atom. The van der Waals surface area contributed by atoms with Crippen molar-refractivity contribution in [1.29, 1.82) is 0 Å². The molecular weight excluding hydrogens is 442 g/mol. The number of carbonyl (C=O) groups is 1. The monoisotopic (exact) mass is 463 g/mol. The number of piperidine rings is 1. The lowest BCUT2D eigenvalue weighted by atomic mass is 9.97. The number of nitrogens with one attached hydrogen (secondary N) is 1.